The zero-order valence-corrected chi connectivity index (χ0v) is 15.5. The van der Waals surface area contributed by atoms with Crippen molar-refractivity contribution in [2.75, 3.05) is 13.2 Å². The lowest BCUT2D eigenvalue weighted by Crippen LogP contribution is -2.31. The number of benzene rings is 1. The van der Waals surface area contributed by atoms with Gasteiger partial charge in [0.25, 0.3) is 5.91 Å². The molecule has 26 heavy (non-hydrogen) atoms. The SMILES string of the molecule is Cc1noc(C)c1COc1ccc(C(=O)OCC(=O)NCC(C)C)cc1. The maximum Gasteiger partial charge on any atom is 0.338 e. The largest absolute Gasteiger partial charge is 0.489 e. The number of hydrogen-bond donors (Lipinski definition) is 1. The average Bonchev–Trinajstić information content (AvgIpc) is 2.94. The molecule has 0 unspecified atom stereocenters. The second kappa shape index (κ2) is 9.03. The van der Waals surface area contributed by atoms with Gasteiger partial charge >= 0.3 is 5.97 Å². The molecule has 1 aromatic carbocycles. The first-order valence-electron chi connectivity index (χ1n) is 8.45. The fourth-order valence-corrected chi connectivity index (χ4v) is 2.13. The van der Waals surface area contributed by atoms with E-state index in [0.717, 1.165) is 17.0 Å². The van der Waals surface area contributed by atoms with Gasteiger partial charge in [0.15, 0.2) is 6.61 Å². The Morgan fingerprint density at radius 1 is 1.19 bits per heavy atom. The van der Waals surface area contributed by atoms with Crippen LogP contribution < -0.4 is 10.1 Å². The summed E-state index contributed by atoms with van der Waals surface area (Å²) in [5.41, 5.74) is 2.05. The number of nitrogens with zero attached hydrogens (tertiary/aromatic N) is 1. The minimum Gasteiger partial charge on any atom is -0.489 e. The van der Waals surface area contributed by atoms with Crippen molar-refractivity contribution in [1.29, 1.82) is 0 Å². The van der Waals surface area contributed by atoms with Crippen LogP contribution in [0, 0.1) is 19.8 Å². The lowest BCUT2D eigenvalue weighted by Gasteiger charge is -2.09. The van der Waals surface area contributed by atoms with Crippen LogP contribution in [-0.4, -0.2) is 30.2 Å². The van der Waals surface area contributed by atoms with Gasteiger partial charge in [0.1, 0.15) is 18.1 Å². The molecule has 0 saturated heterocycles. The van der Waals surface area contributed by atoms with Crippen molar-refractivity contribution in [2.45, 2.75) is 34.3 Å². The molecule has 1 amide bonds. The molecule has 1 aromatic heterocycles. The number of ether oxygens (including phenoxy) is 2. The number of carbonyl (C=O) groups excluding carboxylic acids is 2. The molecule has 0 radical (unpaired) electrons. The molecule has 7 nitrogen and oxygen atoms in total. The molecule has 0 saturated carbocycles. The number of carbonyl (C=O) groups is 2. The molecule has 7 heteroatoms. The average molecular weight is 360 g/mol. The van der Waals surface area contributed by atoms with Crippen molar-refractivity contribution in [3.8, 4) is 5.75 Å². The van der Waals surface area contributed by atoms with Crippen LogP contribution in [0.25, 0.3) is 0 Å². The molecular formula is C19H24N2O5. The Morgan fingerprint density at radius 2 is 1.88 bits per heavy atom. The summed E-state index contributed by atoms with van der Waals surface area (Å²) in [6.07, 6.45) is 0. The molecule has 2 rings (SSSR count). The fourth-order valence-electron chi connectivity index (χ4n) is 2.13. The first kappa shape index (κ1) is 19.5. The van der Waals surface area contributed by atoms with Gasteiger partial charge in [0, 0.05) is 6.54 Å². The van der Waals surface area contributed by atoms with E-state index in [0.29, 0.717) is 30.4 Å². The van der Waals surface area contributed by atoms with E-state index in [-0.39, 0.29) is 12.5 Å². The summed E-state index contributed by atoms with van der Waals surface area (Å²) in [7, 11) is 0. The summed E-state index contributed by atoms with van der Waals surface area (Å²) in [5, 5.41) is 6.56. The van der Waals surface area contributed by atoms with E-state index in [4.69, 9.17) is 14.0 Å². The summed E-state index contributed by atoms with van der Waals surface area (Å²) >= 11 is 0. The van der Waals surface area contributed by atoms with Gasteiger partial charge in [-0.2, -0.15) is 0 Å². The highest BCUT2D eigenvalue weighted by atomic mass is 16.5. The molecule has 0 aliphatic heterocycles. The highest BCUT2D eigenvalue weighted by Gasteiger charge is 2.12. The third-order valence-corrected chi connectivity index (χ3v) is 3.70. The van der Waals surface area contributed by atoms with Crippen LogP contribution in [0.5, 0.6) is 5.75 Å². The molecule has 0 aliphatic carbocycles. The van der Waals surface area contributed by atoms with Crippen LogP contribution in [0.2, 0.25) is 0 Å². The van der Waals surface area contributed by atoms with Crippen LogP contribution in [-0.2, 0) is 16.1 Å². The molecular weight excluding hydrogens is 336 g/mol. The molecule has 0 fully saturated rings. The highest BCUT2D eigenvalue weighted by Crippen LogP contribution is 2.18. The number of amides is 1. The van der Waals surface area contributed by atoms with Gasteiger partial charge in [-0.1, -0.05) is 19.0 Å². The molecule has 140 valence electrons. The zero-order chi connectivity index (χ0) is 19.1. The molecule has 0 aliphatic rings. The number of hydrogen-bond acceptors (Lipinski definition) is 6. The van der Waals surface area contributed by atoms with E-state index in [2.05, 4.69) is 10.5 Å². The molecule has 1 N–H and O–H groups in total. The quantitative estimate of drug-likeness (QED) is 0.728. The smallest absolute Gasteiger partial charge is 0.338 e. The summed E-state index contributed by atoms with van der Waals surface area (Å²) in [5.74, 6) is 0.802. The third-order valence-electron chi connectivity index (χ3n) is 3.70. The van der Waals surface area contributed by atoms with Gasteiger partial charge in [-0.05, 0) is 44.0 Å². The highest BCUT2D eigenvalue weighted by molar-refractivity contribution is 5.91. The lowest BCUT2D eigenvalue weighted by atomic mass is 10.2. The second-order valence-electron chi connectivity index (χ2n) is 6.39. The number of rotatable bonds is 8. The Bertz CT molecular complexity index is 730. The van der Waals surface area contributed by atoms with Crippen molar-refractivity contribution in [3.05, 3.63) is 46.8 Å². The van der Waals surface area contributed by atoms with Gasteiger partial charge < -0.3 is 19.3 Å². The predicted octanol–water partition coefficient (Wildman–Crippen LogP) is 2.80. The molecule has 0 bridgehead atoms. The second-order valence-corrected chi connectivity index (χ2v) is 6.39. The Balaban J connectivity index is 1.82. The maximum atomic E-state index is 12.0. The maximum absolute atomic E-state index is 12.0. The number of aryl methyl sites for hydroxylation is 2. The van der Waals surface area contributed by atoms with E-state index >= 15 is 0 Å². The van der Waals surface area contributed by atoms with Crippen LogP contribution in [0.1, 0.15) is 41.2 Å². The van der Waals surface area contributed by atoms with Crippen LogP contribution >= 0.6 is 0 Å². The monoisotopic (exact) mass is 360 g/mol. The Kier molecular flexibility index (Phi) is 6.77. The van der Waals surface area contributed by atoms with Crippen molar-refractivity contribution in [1.82, 2.24) is 10.5 Å². The molecule has 0 atom stereocenters. The first-order valence-corrected chi connectivity index (χ1v) is 8.45. The minimum atomic E-state index is -0.554. The Labute approximate surface area is 152 Å². The fraction of sp³-hybridized carbons (Fsp3) is 0.421. The van der Waals surface area contributed by atoms with Crippen molar-refractivity contribution >= 4 is 11.9 Å². The Hall–Kier alpha value is -2.83. The van der Waals surface area contributed by atoms with Crippen LogP contribution in [0.4, 0.5) is 0 Å². The lowest BCUT2D eigenvalue weighted by molar-refractivity contribution is -0.124. The molecule has 2 aromatic rings. The van der Waals surface area contributed by atoms with Gasteiger partial charge in [0.05, 0.1) is 16.8 Å². The standard InChI is InChI=1S/C19H24N2O5/c1-12(2)9-20-18(22)11-25-19(23)15-5-7-16(8-6-15)24-10-17-13(3)21-26-14(17)4/h5-8,12H,9-11H2,1-4H3,(H,20,22). The topological polar surface area (TPSA) is 90.7 Å². The van der Waals surface area contributed by atoms with E-state index in [1.165, 1.54) is 0 Å². The first-order chi connectivity index (χ1) is 12.4. The molecule has 1 heterocycles. The summed E-state index contributed by atoms with van der Waals surface area (Å²) in [4.78, 5) is 23.5. The predicted molar refractivity (Wildman–Crippen MR) is 94.9 cm³/mol. The van der Waals surface area contributed by atoms with E-state index in [1.807, 2.05) is 27.7 Å². The minimum absolute atomic E-state index is 0.296. The van der Waals surface area contributed by atoms with Crippen molar-refractivity contribution < 1.29 is 23.6 Å². The zero-order valence-electron chi connectivity index (χ0n) is 15.5. The summed E-state index contributed by atoms with van der Waals surface area (Å²) in [6.45, 7) is 8.24. The normalized spacial score (nSPS) is 10.7. The molecule has 0 spiro atoms. The van der Waals surface area contributed by atoms with Gasteiger partial charge in [-0.3, -0.25) is 4.79 Å². The summed E-state index contributed by atoms with van der Waals surface area (Å²) in [6, 6.07) is 6.54. The number of nitrogens with one attached hydrogen (secondary N) is 1. The van der Waals surface area contributed by atoms with E-state index in [1.54, 1.807) is 24.3 Å². The third kappa shape index (κ3) is 5.61. The van der Waals surface area contributed by atoms with Crippen LogP contribution in [0.3, 0.4) is 0 Å². The van der Waals surface area contributed by atoms with Crippen molar-refractivity contribution in [2.24, 2.45) is 5.92 Å². The van der Waals surface area contributed by atoms with E-state index in [9.17, 15) is 9.59 Å². The number of aromatic nitrogens is 1. The Morgan fingerprint density at radius 3 is 2.46 bits per heavy atom. The number of esters is 1. The van der Waals surface area contributed by atoms with E-state index < -0.39 is 5.97 Å². The van der Waals surface area contributed by atoms with Gasteiger partial charge in [-0.25, -0.2) is 4.79 Å². The van der Waals surface area contributed by atoms with Crippen molar-refractivity contribution in [3.63, 3.8) is 0 Å². The van der Waals surface area contributed by atoms with Gasteiger partial charge in [-0.15, -0.1) is 0 Å². The van der Waals surface area contributed by atoms with Gasteiger partial charge in [0.2, 0.25) is 0 Å². The van der Waals surface area contributed by atoms with Crippen LogP contribution in [0.15, 0.2) is 28.8 Å². The summed E-state index contributed by atoms with van der Waals surface area (Å²) < 4.78 is 15.8.